The Labute approximate surface area is 224 Å². The number of carbonyl (C=O) groups excluding carboxylic acids is 1. The van der Waals surface area contributed by atoms with Crippen LogP contribution < -0.4 is 5.48 Å². The average molecular weight is 543 g/mol. The molecule has 0 bridgehead atoms. The van der Waals surface area contributed by atoms with Gasteiger partial charge in [0.1, 0.15) is 12.1 Å². The molecule has 0 radical (unpaired) electrons. The topological polar surface area (TPSA) is 120 Å². The van der Waals surface area contributed by atoms with E-state index < -0.39 is 33.7 Å². The number of aromatic nitrogens is 2. The molecule has 2 atom stereocenters. The van der Waals surface area contributed by atoms with E-state index in [2.05, 4.69) is 15.4 Å². The number of rotatable bonds is 13. The van der Waals surface area contributed by atoms with Crippen LogP contribution in [0.15, 0.2) is 84.3 Å². The maximum Gasteiger partial charge on any atom is 0.264 e. The van der Waals surface area contributed by atoms with Crippen molar-refractivity contribution in [3.63, 3.8) is 0 Å². The van der Waals surface area contributed by atoms with Crippen LogP contribution in [-0.2, 0) is 42.3 Å². The fourth-order valence-electron chi connectivity index (χ4n) is 3.56. The smallest absolute Gasteiger partial charge is 0.264 e. The Kier molecular flexibility index (Phi) is 10.5. The molecule has 11 heteroatoms. The molecule has 0 fully saturated rings. The van der Waals surface area contributed by atoms with E-state index in [1.165, 1.54) is 19.2 Å². The van der Waals surface area contributed by atoms with E-state index >= 15 is 0 Å². The minimum absolute atomic E-state index is 0.0295. The van der Waals surface area contributed by atoms with Crippen LogP contribution in [0.4, 0.5) is 0 Å². The Morgan fingerprint density at radius 1 is 0.974 bits per heavy atom. The van der Waals surface area contributed by atoms with E-state index in [0.717, 1.165) is 9.87 Å². The van der Waals surface area contributed by atoms with Crippen LogP contribution in [-0.4, -0.2) is 60.1 Å². The number of hydroxylamine groups is 1. The first-order chi connectivity index (χ1) is 18.1. The SMILES string of the molecule is COC[C@H](OCc1cccnc1)[C@H](C(=O)NOC(C)(C)C)N(Cc1cccnc1)S(=O)(=O)c1ccccc1. The number of amides is 1. The zero-order chi connectivity index (χ0) is 27.6. The summed E-state index contributed by atoms with van der Waals surface area (Å²) in [5.74, 6) is -0.698. The molecular weight excluding hydrogens is 508 g/mol. The van der Waals surface area contributed by atoms with Gasteiger partial charge < -0.3 is 9.47 Å². The van der Waals surface area contributed by atoms with Gasteiger partial charge in [-0.1, -0.05) is 30.3 Å². The van der Waals surface area contributed by atoms with Crippen molar-refractivity contribution in [3.8, 4) is 0 Å². The molecule has 0 aliphatic carbocycles. The van der Waals surface area contributed by atoms with Gasteiger partial charge in [-0.2, -0.15) is 4.31 Å². The van der Waals surface area contributed by atoms with Crippen molar-refractivity contribution >= 4 is 15.9 Å². The van der Waals surface area contributed by atoms with Crippen molar-refractivity contribution in [2.75, 3.05) is 13.7 Å². The van der Waals surface area contributed by atoms with Crippen LogP contribution in [0.2, 0.25) is 0 Å². The first kappa shape index (κ1) is 29.3. The van der Waals surface area contributed by atoms with Crippen LogP contribution in [0, 0.1) is 0 Å². The number of ether oxygens (including phenoxy) is 2. The minimum atomic E-state index is -4.20. The highest BCUT2D eigenvalue weighted by molar-refractivity contribution is 7.89. The molecule has 0 saturated heterocycles. The molecule has 204 valence electrons. The normalized spacial score (nSPS) is 13.7. The predicted molar refractivity (Wildman–Crippen MR) is 141 cm³/mol. The molecule has 2 aromatic heterocycles. The van der Waals surface area contributed by atoms with Crippen molar-refractivity contribution in [1.29, 1.82) is 0 Å². The Bertz CT molecular complexity index is 1240. The average Bonchev–Trinajstić information content (AvgIpc) is 2.91. The summed E-state index contributed by atoms with van der Waals surface area (Å²) in [4.78, 5) is 27.5. The first-order valence-electron chi connectivity index (χ1n) is 12.0. The molecule has 0 spiro atoms. The highest BCUT2D eigenvalue weighted by atomic mass is 32.2. The van der Waals surface area contributed by atoms with Gasteiger partial charge in [-0.25, -0.2) is 13.9 Å². The number of hydrogen-bond donors (Lipinski definition) is 1. The van der Waals surface area contributed by atoms with Gasteiger partial charge >= 0.3 is 0 Å². The number of benzene rings is 1. The first-order valence-corrected chi connectivity index (χ1v) is 13.5. The van der Waals surface area contributed by atoms with E-state index in [1.54, 1.807) is 82.0 Å². The maximum absolute atomic E-state index is 14.0. The summed E-state index contributed by atoms with van der Waals surface area (Å²) in [6, 6.07) is 13.6. The monoisotopic (exact) mass is 542 g/mol. The van der Waals surface area contributed by atoms with E-state index in [4.69, 9.17) is 14.3 Å². The van der Waals surface area contributed by atoms with E-state index in [-0.39, 0.29) is 24.7 Å². The summed E-state index contributed by atoms with van der Waals surface area (Å²) >= 11 is 0. The molecule has 38 heavy (non-hydrogen) atoms. The summed E-state index contributed by atoms with van der Waals surface area (Å²) in [6.07, 6.45) is 5.41. The lowest BCUT2D eigenvalue weighted by Gasteiger charge is -2.35. The quantitative estimate of drug-likeness (QED) is 0.327. The number of hydrogen-bond acceptors (Lipinski definition) is 8. The van der Waals surface area contributed by atoms with Gasteiger partial charge in [0.25, 0.3) is 5.91 Å². The third-order valence-corrected chi connectivity index (χ3v) is 7.16. The molecule has 1 amide bonds. The van der Waals surface area contributed by atoms with Crippen LogP contribution >= 0.6 is 0 Å². The zero-order valence-electron chi connectivity index (χ0n) is 22.0. The summed E-state index contributed by atoms with van der Waals surface area (Å²) in [5, 5.41) is 0. The van der Waals surface area contributed by atoms with Gasteiger partial charge in [0.15, 0.2) is 0 Å². The second-order valence-electron chi connectivity index (χ2n) is 9.52. The third kappa shape index (κ3) is 8.40. The Morgan fingerprint density at radius 2 is 1.61 bits per heavy atom. The van der Waals surface area contributed by atoms with Gasteiger partial charge in [-0.15, -0.1) is 0 Å². The molecular formula is C27H34N4O6S. The Morgan fingerprint density at radius 3 is 2.16 bits per heavy atom. The second kappa shape index (κ2) is 13.5. The Balaban J connectivity index is 2.08. The van der Waals surface area contributed by atoms with Crippen LogP contribution in [0.5, 0.6) is 0 Å². The lowest BCUT2D eigenvalue weighted by molar-refractivity contribution is -0.156. The fourth-order valence-corrected chi connectivity index (χ4v) is 5.18. The molecule has 1 aromatic carbocycles. The number of nitrogens with one attached hydrogen (secondary N) is 1. The van der Waals surface area contributed by atoms with Gasteiger partial charge in [0.2, 0.25) is 10.0 Å². The van der Waals surface area contributed by atoms with Crippen LogP contribution in [0.25, 0.3) is 0 Å². The standard InChI is InChI=1S/C27H34N4O6S/c1-27(2,3)37-30-26(32)25(24(20-35-4)36-19-22-11-9-15-29-17-22)31(18-21-10-8-14-28-16-21)38(33,34)23-12-6-5-7-13-23/h5-17,24-25H,18-20H2,1-4H3,(H,30,32)/t24-,25+/m0/s1. The molecule has 1 N–H and O–H groups in total. The zero-order valence-corrected chi connectivity index (χ0v) is 22.8. The summed E-state index contributed by atoms with van der Waals surface area (Å²) in [5.41, 5.74) is 3.06. The summed E-state index contributed by atoms with van der Waals surface area (Å²) in [7, 11) is -2.75. The number of methoxy groups -OCH3 is 1. The molecule has 3 aromatic rings. The Hall–Kier alpha value is -3.22. The van der Waals surface area contributed by atoms with Crippen molar-refractivity contribution in [3.05, 3.63) is 90.5 Å². The number of nitrogens with zero attached hydrogens (tertiary/aromatic N) is 3. The number of pyridine rings is 2. The highest BCUT2D eigenvalue weighted by Crippen LogP contribution is 2.25. The summed E-state index contributed by atoms with van der Waals surface area (Å²) in [6.45, 7) is 5.17. The third-order valence-electron chi connectivity index (χ3n) is 5.32. The van der Waals surface area contributed by atoms with Crippen LogP contribution in [0.3, 0.4) is 0 Å². The van der Waals surface area contributed by atoms with Crippen molar-refractivity contribution in [2.45, 2.75) is 56.6 Å². The highest BCUT2D eigenvalue weighted by Gasteiger charge is 2.42. The van der Waals surface area contributed by atoms with Crippen molar-refractivity contribution in [1.82, 2.24) is 19.8 Å². The van der Waals surface area contributed by atoms with Gasteiger partial charge in [-0.3, -0.25) is 19.6 Å². The molecule has 3 rings (SSSR count). The molecule has 2 heterocycles. The van der Waals surface area contributed by atoms with Gasteiger partial charge in [0, 0.05) is 38.4 Å². The van der Waals surface area contributed by atoms with Gasteiger partial charge in [0.05, 0.1) is 23.7 Å². The lowest BCUT2D eigenvalue weighted by atomic mass is 10.1. The maximum atomic E-state index is 14.0. The molecule has 0 unspecified atom stereocenters. The molecule has 0 aliphatic rings. The minimum Gasteiger partial charge on any atom is -0.382 e. The lowest BCUT2D eigenvalue weighted by Crippen LogP contribution is -2.57. The van der Waals surface area contributed by atoms with E-state index in [0.29, 0.717) is 5.56 Å². The number of sulfonamides is 1. The van der Waals surface area contributed by atoms with Crippen molar-refractivity contribution < 1.29 is 27.5 Å². The number of carbonyl (C=O) groups is 1. The molecule has 10 nitrogen and oxygen atoms in total. The fraction of sp³-hybridized carbons (Fsp3) is 0.370. The molecule has 0 saturated carbocycles. The van der Waals surface area contributed by atoms with Gasteiger partial charge in [-0.05, 0) is 56.2 Å². The largest absolute Gasteiger partial charge is 0.382 e. The molecule has 0 aliphatic heterocycles. The van der Waals surface area contributed by atoms with Crippen molar-refractivity contribution in [2.24, 2.45) is 0 Å². The van der Waals surface area contributed by atoms with Crippen LogP contribution in [0.1, 0.15) is 31.9 Å². The predicted octanol–water partition coefficient (Wildman–Crippen LogP) is 3.11. The van der Waals surface area contributed by atoms with E-state index in [9.17, 15) is 13.2 Å². The van der Waals surface area contributed by atoms with E-state index in [1.807, 2.05) is 6.07 Å². The second-order valence-corrected chi connectivity index (χ2v) is 11.4. The summed E-state index contributed by atoms with van der Waals surface area (Å²) < 4.78 is 40.7.